The lowest BCUT2D eigenvalue weighted by Gasteiger charge is -2.17. The van der Waals surface area contributed by atoms with Crippen LogP contribution in [0.3, 0.4) is 0 Å². The number of fused-ring (bicyclic) bond motifs is 1. The van der Waals surface area contributed by atoms with Crippen LogP contribution in [0, 0.1) is 11.8 Å². The molecule has 0 aliphatic rings. The molecule has 0 atom stereocenters. The quantitative estimate of drug-likeness (QED) is 0.549. The van der Waals surface area contributed by atoms with Gasteiger partial charge >= 0.3 is 12.3 Å². The van der Waals surface area contributed by atoms with E-state index < -0.39 is 12.3 Å². The highest BCUT2D eigenvalue weighted by atomic mass is 19.4. The summed E-state index contributed by atoms with van der Waals surface area (Å²) in [6, 6.07) is 10.5. The van der Waals surface area contributed by atoms with E-state index in [9.17, 15) is 22.8 Å². The lowest BCUT2D eigenvalue weighted by molar-refractivity contribution is -0.274. The van der Waals surface area contributed by atoms with Crippen molar-refractivity contribution in [1.82, 2.24) is 4.98 Å². The molecule has 0 unspecified atom stereocenters. The number of anilines is 1. The number of halogens is 3. The number of ether oxygens (including phenoxy) is 1. The minimum absolute atomic E-state index is 0.0924. The molecule has 0 radical (unpaired) electrons. The summed E-state index contributed by atoms with van der Waals surface area (Å²) in [4.78, 5) is 27.9. The molecule has 6 nitrogen and oxygen atoms in total. The number of amides is 1. The maximum atomic E-state index is 12.5. The maximum absolute atomic E-state index is 12.5. The number of H-pyrrole nitrogens is 1. The van der Waals surface area contributed by atoms with E-state index in [4.69, 9.17) is 5.11 Å². The van der Waals surface area contributed by atoms with Crippen LogP contribution in [-0.4, -0.2) is 35.4 Å². The summed E-state index contributed by atoms with van der Waals surface area (Å²) in [5, 5.41) is 9.75. The van der Waals surface area contributed by atoms with Gasteiger partial charge < -0.3 is 19.7 Å². The van der Waals surface area contributed by atoms with Gasteiger partial charge in [0, 0.05) is 48.2 Å². The Hall–Kier alpha value is -3.93. The third kappa shape index (κ3) is 6.04. The molecule has 0 spiro atoms. The van der Waals surface area contributed by atoms with Crippen LogP contribution in [0.4, 0.5) is 18.9 Å². The van der Waals surface area contributed by atoms with E-state index in [-0.39, 0.29) is 30.9 Å². The summed E-state index contributed by atoms with van der Waals surface area (Å²) in [7, 11) is 1.64. The summed E-state index contributed by atoms with van der Waals surface area (Å²) in [6.45, 7) is 0. The largest absolute Gasteiger partial charge is 0.573 e. The van der Waals surface area contributed by atoms with Crippen molar-refractivity contribution in [2.75, 3.05) is 11.9 Å². The predicted molar refractivity (Wildman–Crippen MR) is 112 cm³/mol. The number of nitrogens with one attached hydrogen (secondary N) is 1. The molecule has 3 aromatic rings. The van der Waals surface area contributed by atoms with Crippen LogP contribution in [0.5, 0.6) is 5.75 Å². The summed E-state index contributed by atoms with van der Waals surface area (Å²) < 4.78 is 40.3. The van der Waals surface area contributed by atoms with Crippen molar-refractivity contribution < 1.29 is 32.6 Å². The van der Waals surface area contributed by atoms with Gasteiger partial charge in [0.2, 0.25) is 5.91 Å². The van der Waals surface area contributed by atoms with Crippen molar-refractivity contribution in [2.24, 2.45) is 0 Å². The van der Waals surface area contributed by atoms with E-state index in [1.165, 1.54) is 29.2 Å². The first-order valence-corrected chi connectivity index (χ1v) is 9.55. The van der Waals surface area contributed by atoms with Crippen molar-refractivity contribution in [3.8, 4) is 17.6 Å². The third-order valence-corrected chi connectivity index (χ3v) is 4.64. The van der Waals surface area contributed by atoms with Crippen LogP contribution in [0.25, 0.3) is 10.9 Å². The van der Waals surface area contributed by atoms with Gasteiger partial charge in [-0.05, 0) is 42.0 Å². The Morgan fingerprint density at radius 1 is 1.16 bits per heavy atom. The monoisotopic (exact) mass is 444 g/mol. The molecular weight excluding hydrogens is 425 g/mol. The van der Waals surface area contributed by atoms with Crippen LogP contribution >= 0.6 is 0 Å². The topological polar surface area (TPSA) is 82.6 Å². The number of aromatic amines is 1. The van der Waals surface area contributed by atoms with E-state index in [0.29, 0.717) is 16.8 Å². The number of rotatable bonds is 6. The molecular formula is C23H19F3N2O4. The SMILES string of the molecule is CN(C(=O)CCC#Cc1ccc(OC(F)(F)F)cc1)c1ccc2c(CC(=O)O)c[nH]c2c1. The number of benzene rings is 2. The Morgan fingerprint density at radius 2 is 1.88 bits per heavy atom. The zero-order valence-corrected chi connectivity index (χ0v) is 17.0. The number of carboxylic acid groups (broad SMARTS) is 1. The highest BCUT2D eigenvalue weighted by molar-refractivity contribution is 5.96. The van der Waals surface area contributed by atoms with Crippen LogP contribution in [-0.2, 0) is 16.0 Å². The van der Waals surface area contributed by atoms with Gasteiger partial charge in [0.25, 0.3) is 0 Å². The molecule has 1 aromatic heterocycles. The number of hydrogen-bond acceptors (Lipinski definition) is 3. The van der Waals surface area contributed by atoms with Gasteiger partial charge in [0.05, 0.1) is 6.42 Å². The zero-order valence-electron chi connectivity index (χ0n) is 17.0. The molecule has 1 amide bonds. The number of hydrogen-bond donors (Lipinski definition) is 2. The fourth-order valence-electron chi connectivity index (χ4n) is 3.08. The Kier molecular flexibility index (Phi) is 6.73. The third-order valence-electron chi connectivity index (χ3n) is 4.64. The minimum atomic E-state index is -4.74. The number of aliphatic carboxylic acids is 1. The van der Waals surface area contributed by atoms with E-state index in [1.54, 1.807) is 31.4 Å². The predicted octanol–water partition coefficient (Wildman–Crippen LogP) is 4.49. The zero-order chi connectivity index (χ0) is 23.3. The number of carboxylic acids is 1. The lowest BCUT2D eigenvalue weighted by Crippen LogP contribution is -2.25. The van der Waals surface area contributed by atoms with Gasteiger partial charge in [-0.3, -0.25) is 9.59 Å². The van der Waals surface area contributed by atoms with Crippen LogP contribution in [0.1, 0.15) is 24.0 Å². The van der Waals surface area contributed by atoms with Crippen LogP contribution in [0.2, 0.25) is 0 Å². The summed E-state index contributed by atoms with van der Waals surface area (Å²) >= 11 is 0. The molecule has 0 bridgehead atoms. The first kappa shape index (κ1) is 22.7. The van der Waals surface area contributed by atoms with Gasteiger partial charge in [-0.2, -0.15) is 0 Å². The Morgan fingerprint density at radius 3 is 2.53 bits per heavy atom. The fraction of sp³-hybridized carbons (Fsp3) is 0.217. The second-order valence-electron chi connectivity index (χ2n) is 6.94. The van der Waals surface area contributed by atoms with E-state index in [2.05, 4.69) is 21.6 Å². The second-order valence-corrected chi connectivity index (χ2v) is 6.94. The molecule has 0 saturated carbocycles. The number of alkyl halides is 3. The second kappa shape index (κ2) is 9.47. The fourth-order valence-corrected chi connectivity index (χ4v) is 3.08. The average Bonchev–Trinajstić information content (AvgIpc) is 3.12. The number of carbonyl (C=O) groups excluding carboxylic acids is 1. The lowest BCUT2D eigenvalue weighted by atomic mass is 10.1. The van der Waals surface area contributed by atoms with Crippen molar-refractivity contribution in [1.29, 1.82) is 0 Å². The Balaban J connectivity index is 1.57. The summed E-state index contributed by atoms with van der Waals surface area (Å²) in [5.41, 5.74) is 2.56. The minimum Gasteiger partial charge on any atom is -0.481 e. The smallest absolute Gasteiger partial charge is 0.481 e. The number of carbonyl (C=O) groups is 2. The van der Waals surface area contributed by atoms with Crippen LogP contribution < -0.4 is 9.64 Å². The molecule has 32 heavy (non-hydrogen) atoms. The Bertz CT molecular complexity index is 1190. The standard InChI is InChI=1S/C23H19F3N2O4/c1-28(17-8-11-19-16(12-22(30)31)14-27-20(19)13-17)21(29)5-3-2-4-15-6-9-18(10-7-15)32-23(24,25)26/h6-11,13-14,27H,3,5,12H2,1H3,(H,30,31). The molecule has 2 N–H and O–H groups in total. The maximum Gasteiger partial charge on any atom is 0.573 e. The van der Waals surface area contributed by atoms with Crippen LogP contribution in [0.15, 0.2) is 48.7 Å². The molecule has 0 aliphatic carbocycles. The molecule has 0 aliphatic heterocycles. The normalized spacial score (nSPS) is 11.0. The van der Waals surface area contributed by atoms with Crippen molar-refractivity contribution >= 4 is 28.5 Å². The highest BCUT2D eigenvalue weighted by Crippen LogP contribution is 2.25. The molecule has 2 aromatic carbocycles. The Labute approximate surface area is 181 Å². The number of aromatic nitrogens is 1. The van der Waals surface area contributed by atoms with Gasteiger partial charge in [-0.15, -0.1) is 13.2 Å². The van der Waals surface area contributed by atoms with Crippen molar-refractivity contribution in [3.05, 3.63) is 59.8 Å². The van der Waals surface area contributed by atoms with Gasteiger partial charge in [-0.1, -0.05) is 17.9 Å². The molecule has 1 heterocycles. The molecule has 0 saturated heterocycles. The summed E-state index contributed by atoms with van der Waals surface area (Å²) in [5.74, 6) is 4.23. The average molecular weight is 444 g/mol. The molecule has 166 valence electrons. The number of nitrogens with zero attached hydrogens (tertiary/aromatic N) is 1. The molecule has 0 fully saturated rings. The highest BCUT2D eigenvalue weighted by Gasteiger charge is 2.30. The first-order chi connectivity index (χ1) is 15.1. The van der Waals surface area contributed by atoms with E-state index in [0.717, 1.165) is 10.9 Å². The first-order valence-electron chi connectivity index (χ1n) is 9.55. The summed E-state index contributed by atoms with van der Waals surface area (Å²) in [6.07, 6.45) is -2.76. The van der Waals surface area contributed by atoms with E-state index >= 15 is 0 Å². The van der Waals surface area contributed by atoms with Crippen molar-refractivity contribution in [3.63, 3.8) is 0 Å². The van der Waals surface area contributed by atoms with Gasteiger partial charge in [0.15, 0.2) is 0 Å². The van der Waals surface area contributed by atoms with Crippen molar-refractivity contribution in [2.45, 2.75) is 25.6 Å². The molecule has 9 heteroatoms. The van der Waals surface area contributed by atoms with E-state index in [1.807, 2.05) is 0 Å². The molecule has 3 rings (SSSR count). The van der Waals surface area contributed by atoms with Gasteiger partial charge in [-0.25, -0.2) is 0 Å². The van der Waals surface area contributed by atoms with Gasteiger partial charge in [0.1, 0.15) is 5.75 Å².